The van der Waals surface area contributed by atoms with Crippen LogP contribution in [0.2, 0.25) is 0 Å². The average Bonchev–Trinajstić information content (AvgIpc) is 2.73. The van der Waals surface area contributed by atoms with E-state index in [1.165, 1.54) is 0 Å². The van der Waals surface area contributed by atoms with Crippen LogP contribution in [-0.4, -0.2) is 73.5 Å². The van der Waals surface area contributed by atoms with Gasteiger partial charge in [-0.25, -0.2) is 22.7 Å². The molecule has 0 spiro atoms. The molecule has 0 fully saturated rings. The molecule has 1 unspecified atom stereocenters. The first-order valence-corrected chi connectivity index (χ1v) is 10.7. The van der Waals surface area contributed by atoms with E-state index < -0.39 is 28.1 Å². The molecule has 178 valence electrons. The van der Waals surface area contributed by atoms with Crippen molar-refractivity contribution in [2.24, 2.45) is 0 Å². The Morgan fingerprint density at radius 3 is 2.06 bits per heavy atom. The standard InChI is InChI=1S/C18H24N2O4S.C2H2O4.H2O/c1-15-7-9-18(10-8-15)25(22,23)20-12-11-19-13-16(21)14-24-17-5-3-2-4-6-17;3-1(4)2(5)6;/h2-10,16,19-21H,11-14H2,1H3;(H,3,4)(H,5,6);1H2. The molecule has 0 amide bonds. The fourth-order valence-corrected chi connectivity index (χ4v) is 3.14. The van der Waals surface area contributed by atoms with Gasteiger partial charge < -0.3 is 30.8 Å². The number of aryl methyl sites for hydroxylation is 1. The third-order valence-corrected chi connectivity index (χ3v) is 5.15. The van der Waals surface area contributed by atoms with E-state index in [2.05, 4.69) is 10.0 Å². The van der Waals surface area contributed by atoms with Crippen molar-refractivity contribution in [2.45, 2.75) is 17.9 Å². The Balaban J connectivity index is 0.00000121. The number of hydrogen-bond acceptors (Lipinski definition) is 7. The van der Waals surface area contributed by atoms with Crippen LogP contribution < -0.4 is 14.8 Å². The van der Waals surface area contributed by atoms with Crippen LogP contribution in [0, 0.1) is 6.92 Å². The smallest absolute Gasteiger partial charge is 0.414 e. The van der Waals surface area contributed by atoms with E-state index in [1.807, 2.05) is 37.3 Å². The molecule has 0 heterocycles. The minimum Gasteiger partial charge on any atom is -0.491 e. The van der Waals surface area contributed by atoms with Gasteiger partial charge in [-0.05, 0) is 31.2 Å². The summed E-state index contributed by atoms with van der Waals surface area (Å²) in [5.41, 5.74) is 1.01. The van der Waals surface area contributed by atoms with Gasteiger partial charge in [-0.3, -0.25) is 0 Å². The quantitative estimate of drug-likeness (QED) is 0.226. The van der Waals surface area contributed by atoms with Crippen LogP contribution >= 0.6 is 0 Å². The monoisotopic (exact) mass is 472 g/mol. The summed E-state index contributed by atoms with van der Waals surface area (Å²) in [5, 5.41) is 27.6. The molecule has 0 aliphatic carbocycles. The topological polar surface area (TPSA) is 194 Å². The fraction of sp³-hybridized carbons (Fsp3) is 0.300. The lowest BCUT2D eigenvalue weighted by atomic mass is 10.2. The van der Waals surface area contributed by atoms with Crippen LogP contribution in [-0.2, 0) is 19.6 Å². The van der Waals surface area contributed by atoms with Crippen molar-refractivity contribution in [3.05, 3.63) is 60.2 Å². The molecule has 0 saturated carbocycles. The van der Waals surface area contributed by atoms with Crippen LogP contribution in [0.3, 0.4) is 0 Å². The molecule has 2 rings (SSSR count). The zero-order chi connectivity index (χ0) is 23.3. The predicted octanol–water partition coefficient (Wildman–Crippen LogP) is -0.366. The number of carboxylic acid groups (broad SMARTS) is 2. The highest BCUT2D eigenvalue weighted by molar-refractivity contribution is 7.89. The second-order valence-electron chi connectivity index (χ2n) is 6.30. The van der Waals surface area contributed by atoms with E-state index in [1.54, 1.807) is 24.3 Å². The first-order chi connectivity index (χ1) is 14.6. The van der Waals surface area contributed by atoms with Gasteiger partial charge in [-0.1, -0.05) is 35.9 Å². The third-order valence-electron chi connectivity index (χ3n) is 3.67. The Hall–Kier alpha value is -3.03. The number of aliphatic carboxylic acids is 2. The van der Waals surface area contributed by atoms with E-state index in [-0.39, 0.29) is 23.5 Å². The predicted molar refractivity (Wildman–Crippen MR) is 116 cm³/mol. The Kier molecular flexibility index (Phi) is 13.5. The third kappa shape index (κ3) is 12.0. The number of sulfonamides is 1. The molecule has 2 aromatic rings. The van der Waals surface area contributed by atoms with Crippen LogP contribution in [0.25, 0.3) is 0 Å². The lowest BCUT2D eigenvalue weighted by Gasteiger charge is -2.13. The largest absolute Gasteiger partial charge is 0.491 e. The molecular formula is C20H28N2O9S. The van der Waals surface area contributed by atoms with Crippen LogP contribution in [0.4, 0.5) is 0 Å². The zero-order valence-corrected chi connectivity index (χ0v) is 18.2. The Labute approximate surface area is 186 Å². The van der Waals surface area contributed by atoms with E-state index in [9.17, 15) is 13.5 Å². The summed E-state index contributed by atoms with van der Waals surface area (Å²) in [6.45, 7) is 3.04. The second kappa shape index (κ2) is 14.9. The van der Waals surface area contributed by atoms with Gasteiger partial charge in [-0.15, -0.1) is 0 Å². The maximum atomic E-state index is 12.1. The molecule has 2 aromatic carbocycles. The number of aliphatic hydroxyl groups is 1. The highest BCUT2D eigenvalue weighted by atomic mass is 32.2. The number of aliphatic hydroxyl groups excluding tert-OH is 1. The molecular weight excluding hydrogens is 444 g/mol. The Morgan fingerprint density at radius 2 is 1.53 bits per heavy atom. The Bertz CT molecular complexity index is 908. The van der Waals surface area contributed by atoms with Gasteiger partial charge in [0.2, 0.25) is 10.0 Å². The van der Waals surface area contributed by atoms with Crippen LogP contribution in [0.15, 0.2) is 59.5 Å². The number of ether oxygens (including phenoxy) is 1. The van der Waals surface area contributed by atoms with Crippen molar-refractivity contribution in [3.8, 4) is 5.75 Å². The molecule has 0 bridgehead atoms. The minimum absolute atomic E-state index is 0. The molecule has 32 heavy (non-hydrogen) atoms. The number of carboxylic acids is 2. The lowest BCUT2D eigenvalue weighted by molar-refractivity contribution is -0.159. The average molecular weight is 473 g/mol. The molecule has 0 aliphatic heterocycles. The van der Waals surface area contributed by atoms with Crippen molar-refractivity contribution >= 4 is 22.0 Å². The maximum Gasteiger partial charge on any atom is 0.414 e. The summed E-state index contributed by atoms with van der Waals surface area (Å²) in [7, 11) is -3.50. The summed E-state index contributed by atoms with van der Waals surface area (Å²) in [4.78, 5) is 18.4. The van der Waals surface area contributed by atoms with Gasteiger partial charge in [0.05, 0.1) is 4.90 Å². The molecule has 0 saturated heterocycles. The summed E-state index contributed by atoms with van der Waals surface area (Å²) in [6, 6.07) is 15.9. The van der Waals surface area contributed by atoms with E-state index in [4.69, 9.17) is 24.5 Å². The molecule has 0 radical (unpaired) electrons. The normalized spacial score (nSPS) is 11.3. The van der Waals surface area contributed by atoms with Gasteiger partial charge in [0.1, 0.15) is 18.5 Å². The van der Waals surface area contributed by atoms with E-state index in [0.29, 0.717) is 18.8 Å². The first-order valence-electron chi connectivity index (χ1n) is 9.21. The molecule has 0 aromatic heterocycles. The molecule has 11 nitrogen and oxygen atoms in total. The van der Waals surface area contributed by atoms with Crippen molar-refractivity contribution in [1.82, 2.24) is 10.0 Å². The van der Waals surface area contributed by atoms with Gasteiger partial charge in [-0.2, -0.15) is 0 Å². The number of para-hydroxylation sites is 1. The van der Waals surface area contributed by atoms with Gasteiger partial charge >= 0.3 is 11.9 Å². The van der Waals surface area contributed by atoms with Crippen molar-refractivity contribution in [3.63, 3.8) is 0 Å². The van der Waals surface area contributed by atoms with Gasteiger partial charge in [0.15, 0.2) is 0 Å². The van der Waals surface area contributed by atoms with Crippen molar-refractivity contribution < 1.29 is 43.5 Å². The fourth-order valence-electron chi connectivity index (χ4n) is 2.11. The maximum absolute atomic E-state index is 12.1. The molecule has 12 heteroatoms. The van der Waals surface area contributed by atoms with Crippen molar-refractivity contribution in [1.29, 1.82) is 0 Å². The van der Waals surface area contributed by atoms with Crippen LogP contribution in [0.1, 0.15) is 5.56 Å². The SMILES string of the molecule is Cc1ccc(S(=O)(=O)NCCNCC(O)COc2ccccc2)cc1.O.O=C(O)C(=O)O. The van der Waals surface area contributed by atoms with Gasteiger partial charge in [0, 0.05) is 19.6 Å². The lowest BCUT2D eigenvalue weighted by Crippen LogP contribution is -2.37. The number of benzene rings is 2. The number of nitrogens with one attached hydrogen (secondary N) is 2. The zero-order valence-electron chi connectivity index (χ0n) is 17.4. The Morgan fingerprint density at radius 1 is 0.969 bits per heavy atom. The number of rotatable bonds is 10. The summed E-state index contributed by atoms with van der Waals surface area (Å²) in [5.74, 6) is -2.95. The van der Waals surface area contributed by atoms with E-state index >= 15 is 0 Å². The summed E-state index contributed by atoms with van der Waals surface area (Å²) in [6.07, 6.45) is -0.672. The van der Waals surface area contributed by atoms with Crippen LogP contribution in [0.5, 0.6) is 5.75 Å². The molecule has 7 N–H and O–H groups in total. The molecule has 0 aliphatic rings. The summed E-state index contributed by atoms with van der Waals surface area (Å²) < 4.78 is 32.2. The molecule has 1 atom stereocenters. The van der Waals surface area contributed by atoms with Gasteiger partial charge in [0.25, 0.3) is 0 Å². The summed E-state index contributed by atoms with van der Waals surface area (Å²) >= 11 is 0. The highest BCUT2D eigenvalue weighted by Gasteiger charge is 2.12. The second-order valence-corrected chi connectivity index (χ2v) is 8.07. The van der Waals surface area contributed by atoms with Crippen molar-refractivity contribution in [2.75, 3.05) is 26.2 Å². The minimum atomic E-state index is -3.50. The number of carbonyl (C=O) groups is 2. The van der Waals surface area contributed by atoms with E-state index in [0.717, 1.165) is 5.56 Å². The number of hydrogen-bond donors (Lipinski definition) is 5. The highest BCUT2D eigenvalue weighted by Crippen LogP contribution is 2.09. The first kappa shape index (κ1) is 29.0.